The number of ether oxygens (including phenoxy) is 2. The van der Waals surface area contributed by atoms with Crippen LogP contribution in [0.15, 0.2) is 36.4 Å². The van der Waals surface area contributed by atoms with Gasteiger partial charge in [0.2, 0.25) is 5.91 Å². The van der Waals surface area contributed by atoms with Gasteiger partial charge in [0.25, 0.3) is 0 Å². The van der Waals surface area contributed by atoms with Crippen LogP contribution < -0.4 is 4.90 Å². The minimum Gasteiger partial charge on any atom is -0.466 e. The van der Waals surface area contributed by atoms with Crippen LogP contribution in [0.5, 0.6) is 0 Å². The maximum absolute atomic E-state index is 13.0. The van der Waals surface area contributed by atoms with Crippen LogP contribution in [0.4, 0.5) is 5.69 Å². The molecule has 0 unspecified atom stereocenters. The van der Waals surface area contributed by atoms with E-state index in [9.17, 15) is 9.59 Å². The second-order valence-electron chi connectivity index (χ2n) is 6.42. The Balaban J connectivity index is 1.70. The number of benzene rings is 1. The molecule has 5 heteroatoms. The molecule has 2 bridgehead atoms. The summed E-state index contributed by atoms with van der Waals surface area (Å²) in [5, 5.41) is 0. The molecule has 2 fully saturated rings. The Kier molecular flexibility index (Phi) is 3.10. The smallest absolute Gasteiger partial charge is 0.312 e. The molecule has 3 heterocycles. The summed E-state index contributed by atoms with van der Waals surface area (Å²) in [7, 11) is 0. The molecule has 1 amide bonds. The third-order valence-corrected chi connectivity index (χ3v) is 4.97. The van der Waals surface area contributed by atoms with Crippen LogP contribution in [0.25, 0.3) is 0 Å². The first-order chi connectivity index (χ1) is 11.1. The number of fused-ring (bicyclic) bond motifs is 1. The Morgan fingerprint density at radius 3 is 3.04 bits per heavy atom. The number of hydrogen-bond acceptors (Lipinski definition) is 4. The third-order valence-electron chi connectivity index (χ3n) is 4.97. The van der Waals surface area contributed by atoms with Gasteiger partial charge in [-0.1, -0.05) is 24.3 Å². The second kappa shape index (κ2) is 4.93. The molecular weight excluding hydrogens is 294 g/mol. The Hall–Kier alpha value is -2.14. The van der Waals surface area contributed by atoms with Crippen molar-refractivity contribution in [1.29, 1.82) is 0 Å². The molecule has 0 saturated carbocycles. The van der Waals surface area contributed by atoms with E-state index < -0.39 is 17.4 Å². The molecule has 1 aromatic rings. The van der Waals surface area contributed by atoms with Gasteiger partial charge in [0, 0.05) is 5.69 Å². The fraction of sp³-hybridized carbons (Fsp3) is 0.444. The molecule has 3 aliphatic rings. The van der Waals surface area contributed by atoms with Gasteiger partial charge in [-0.2, -0.15) is 0 Å². The molecule has 1 aromatic carbocycles. The van der Waals surface area contributed by atoms with Crippen LogP contribution in [0.1, 0.15) is 12.5 Å². The monoisotopic (exact) mass is 313 g/mol. The molecule has 2 saturated heterocycles. The Bertz CT molecular complexity index is 713. The van der Waals surface area contributed by atoms with Crippen LogP contribution in [0.3, 0.4) is 0 Å². The molecular formula is C18H19NO4. The average molecular weight is 313 g/mol. The van der Waals surface area contributed by atoms with Gasteiger partial charge in [-0.3, -0.25) is 9.59 Å². The number of nitrogens with zero attached hydrogens (tertiary/aromatic N) is 1. The second-order valence-corrected chi connectivity index (χ2v) is 6.42. The Morgan fingerprint density at radius 1 is 1.48 bits per heavy atom. The molecule has 4 atom stereocenters. The van der Waals surface area contributed by atoms with Crippen molar-refractivity contribution in [3.8, 4) is 0 Å². The maximum Gasteiger partial charge on any atom is 0.312 e. The summed E-state index contributed by atoms with van der Waals surface area (Å²) >= 11 is 0. The minimum atomic E-state index is -0.692. The molecule has 3 aliphatic heterocycles. The SMILES string of the molecule is CCOC(=O)[C@H]1[C@H]2C(=O)N(c3cccc(C)c3)C[C@]23C=C[C@H]1O3. The summed E-state index contributed by atoms with van der Waals surface area (Å²) in [6, 6.07) is 7.82. The number of hydrogen-bond donors (Lipinski definition) is 0. The van der Waals surface area contributed by atoms with Gasteiger partial charge in [-0.15, -0.1) is 0 Å². The predicted octanol–water partition coefficient (Wildman–Crippen LogP) is 1.84. The number of anilines is 1. The van der Waals surface area contributed by atoms with Crippen molar-refractivity contribution in [3.05, 3.63) is 42.0 Å². The van der Waals surface area contributed by atoms with Crippen molar-refractivity contribution >= 4 is 17.6 Å². The normalized spacial score (nSPS) is 34.1. The van der Waals surface area contributed by atoms with Crippen LogP contribution >= 0.6 is 0 Å². The van der Waals surface area contributed by atoms with E-state index in [1.165, 1.54) is 0 Å². The summed E-state index contributed by atoms with van der Waals surface area (Å²) in [5.41, 5.74) is 1.25. The molecule has 4 rings (SSSR count). The van der Waals surface area contributed by atoms with Crippen molar-refractivity contribution in [1.82, 2.24) is 0 Å². The van der Waals surface area contributed by atoms with Crippen LogP contribution in [0.2, 0.25) is 0 Å². The van der Waals surface area contributed by atoms with E-state index >= 15 is 0 Å². The zero-order valence-electron chi connectivity index (χ0n) is 13.2. The highest BCUT2D eigenvalue weighted by atomic mass is 16.6. The summed E-state index contributed by atoms with van der Waals surface area (Å²) in [5.74, 6) is -1.42. The van der Waals surface area contributed by atoms with E-state index in [-0.39, 0.29) is 18.0 Å². The number of aryl methyl sites for hydroxylation is 1. The largest absolute Gasteiger partial charge is 0.466 e. The zero-order valence-corrected chi connectivity index (χ0v) is 13.2. The summed E-state index contributed by atoms with van der Waals surface area (Å²) < 4.78 is 11.2. The van der Waals surface area contributed by atoms with E-state index in [2.05, 4.69) is 0 Å². The lowest BCUT2D eigenvalue weighted by molar-refractivity contribution is -0.151. The van der Waals surface area contributed by atoms with Gasteiger partial charge in [-0.25, -0.2) is 0 Å². The van der Waals surface area contributed by atoms with E-state index in [1.807, 2.05) is 43.3 Å². The van der Waals surface area contributed by atoms with Gasteiger partial charge >= 0.3 is 5.97 Å². The Labute approximate surface area is 134 Å². The summed E-state index contributed by atoms with van der Waals surface area (Å²) in [6.07, 6.45) is 3.50. The Morgan fingerprint density at radius 2 is 2.30 bits per heavy atom. The fourth-order valence-corrected chi connectivity index (χ4v) is 4.02. The van der Waals surface area contributed by atoms with E-state index in [0.29, 0.717) is 13.2 Å². The quantitative estimate of drug-likeness (QED) is 0.631. The van der Waals surface area contributed by atoms with Crippen molar-refractivity contribution in [2.75, 3.05) is 18.1 Å². The first-order valence-electron chi connectivity index (χ1n) is 7.97. The molecule has 1 spiro atoms. The highest BCUT2D eigenvalue weighted by molar-refractivity contribution is 6.02. The van der Waals surface area contributed by atoms with Gasteiger partial charge in [0.1, 0.15) is 11.5 Å². The lowest BCUT2D eigenvalue weighted by Crippen LogP contribution is -2.40. The number of carbonyl (C=O) groups is 2. The fourth-order valence-electron chi connectivity index (χ4n) is 4.02. The number of amides is 1. The first kappa shape index (κ1) is 14.5. The topological polar surface area (TPSA) is 55.8 Å². The van der Waals surface area contributed by atoms with E-state index in [4.69, 9.17) is 9.47 Å². The van der Waals surface area contributed by atoms with Crippen molar-refractivity contribution in [3.63, 3.8) is 0 Å². The van der Waals surface area contributed by atoms with Crippen molar-refractivity contribution in [2.45, 2.75) is 25.6 Å². The molecule has 23 heavy (non-hydrogen) atoms. The number of esters is 1. The average Bonchev–Trinajstić information content (AvgIpc) is 3.16. The summed E-state index contributed by atoms with van der Waals surface area (Å²) in [4.78, 5) is 27.0. The molecule has 120 valence electrons. The standard InChI is InChI=1S/C18H19NO4/c1-3-22-17(21)14-13-7-8-18(23-13)10-19(16(20)15(14)18)12-6-4-5-11(2)9-12/h4-9,13-15H,3,10H2,1-2H3/t13-,14-,15+,18-/m1/s1. The predicted molar refractivity (Wildman–Crippen MR) is 83.9 cm³/mol. The molecule has 0 aromatic heterocycles. The summed E-state index contributed by atoms with van der Waals surface area (Å²) in [6.45, 7) is 4.52. The minimum absolute atomic E-state index is 0.0551. The van der Waals surface area contributed by atoms with Crippen LogP contribution in [-0.2, 0) is 19.1 Å². The van der Waals surface area contributed by atoms with Gasteiger partial charge in [0.15, 0.2) is 0 Å². The van der Waals surface area contributed by atoms with Crippen LogP contribution in [0, 0.1) is 18.8 Å². The molecule has 5 nitrogen and oxygen atoms in total. The first-order valence-corrected chi connectivity index (χ1v) is 7.97. The van der Waals surface area contributed by atoms with Crippen LogP contribution in [-0.4, -0.2) is 36.7 Å². The highest BCUT2D eigenvalue weighted by Gasteiger charge is 2.67. The molecule has 0 N–H and O–H groups in total. The third kappa shape index (κ3) is 1.96. The molecule has 0 radical (unpaired) electrons. The van der Waals surface area contributed by atoms with Crippen molar-refractivity contribution in [2.24, 2.45) is 11.8 Å². The van der Waals surface area contributed by atoms with Crippen molar-refractivity contribution < 1.29 is 19.1 Å². The maximum atomic E-state index is 13.0. The van der Waals surface area contributed by atoms with E-state index in [1.54, 1.807) is 11.8 Å². The van der Waals surface area contributed by atoms with Gasteiger partial charge in [0.05, 0.1) is 25.2 Å². The lowest BCUT2D eigenvalue weighted by atomic mass is 9.77. The molecule has 0 aliphatic carbocycles. The van der Waals surface area contributed by atoms with Gasteiger partial charge < -0.3 is 14.4 Å². The number of rotatable bonds is 3. The number of carbonyl (C=O) groups excluding carboxylic acids is 2. The zero-order chi connectivity index (χ0) is 16.2. The van der Waals surface area contributed by atoms with Gasteiger partial charge in [-0.05, 0) is 31.5 Å². The lowest BCUT2D eigenvalue weighted by Gasteiger charge is -2.22. The highest BCUT2D eigenvalue weighted by Crippen LogP contribution is 2.52. The van der Waals surface area contributed by atoms with E-state index in [0.717, 1.165) is 11.3 Å².